The number of Topliss-reactive ketones (excluding diaryl/α,β-unsaturated/α-hetero) is 2. The van der Waals surface area contributed by atoms with Crippen molar-refractivity contribution in [1.82, 2.24) is 21.3 Å². The number of rotatable bonds is 86. The van der Waals surface area contributed by atoms with Crippen LogP contribution in [0.3, 0.4) is 0 Å². The first-order valence-corrected chi connectivity index (χ1v) is 47.6. The second-order valence-electron chi connectivity index (χ2n) is 30.7. The van der Waals surface area contributed by atoms with Gasteiger partial charge in [-0.1, -0.05) is 321 Å². The molecule has 0 bridgehead atoms. The standard InChI is InChI=1S/C85H162N4O20P2.3CH4.2Na.2H/c1-7-13-19-25-29-33-37-43-47-53-76(90)67-82(94)88-74(70-102-63-59-78(55-49-41-23-17-11-5)108-84(96)57-51-45-39-35-31-27-21-15-9-3)72-106-110(98,99)104-65-61-86-80(92)69-81(93)87-62-66-105-111(100,101)107-73-75(89-83(95)68-77(91)54-48-44-38-34-30-26-20-14-8-2)71-103-64-60-79(56-50-42-24-18-12-6)109-85(97)58-52-46-40-36-32-28-22-16-10-4;;;;;;;/h74-75,78-79H,7-73H2,1-6H3,(H,86,92)(H,87,93)(H,88,94)(H,89,95)(H,98,99)(H,100,101);3*1H4;;;;/q;;;;2*+1;2*-1/t74?,75?,78-,79-;;;;;;;/m1......./s1. The minimum atomic E-state index is -4.82. The van der Waals surface area contributed by atoms with Gasteiger partial charge in [0.25, 0.3) is 0 Å². The van der Waals surface area contributed by atoms with Gasteiger partial charge in [0.1, 0.15) is 30.2 Å². The fourth-order valence-corrected chi connectivity index (χ4v) is 14.6. The zero-order valence-corrected chi connectivity index (χ0v) is 78.6. The largest absolute Gasteiger partial charge is 1.00 e. The van der Waals surface area contributed by atoms with E-state index in [1.165, 1.54) is 116 Å². The minimum Gasteiger partial charge on any atom is -1.00 e. The van der Waals surface area contributed by atoms with Gasteiger partial charge in [-0.25, -0.2) is 9.13 Å². The van der Waals surface area contributed by atoms with Crippen LogP contribution in [0.5, 0.6) is 0 Å². The van der Waals surface area contributed by atoms with Crippen molar-refractivity contribution < 1.29 is 156 Å². The molecule has 0 aliphatic carbocycles. The third kappa shape index (κ3) is 87.2. The fraction of sp³-hybridized carbons (Fsp3) is 0.909. The molecule has 0 saturated heterocycles. The van der Waals surface area contributed by atoms with E-state index in [0.29, 0.717) is 51.4 Å². The van der Waals surface area contributed by atoms with Crippen LogP contribution in [-0.4, -0.2) is 147 Å². The molecule has 0 radical (unpaired) electrons. The molecule has 680 valence electrons. The molecule has 0 fully saturated rings. The quantitative estimate of drug-likeness (QED) is 0.0108. The number of ketones is 2. The van der Waals surface area contributed by atoms with Gasteiger partial charge in [0.05, 0.1) is 77.8 Å². The molecular weight excluding hydrogens is 1540 g/mol. The summed E-state index contributed by atoms with van der Waals surface area (Å²) in [4.78, 5) is 125. The summed E-state index contributed by atoms with van der Waals surface area (Å²) in [6, 6.07) is -1.99. The average molecular weight is 1720 g/mol. The van der Waals surface area contributed by atoms with E-state index in [1.54, 1.807) is 0 Å². The van der Waals surface area contributed by atoms with Crippen LogP contribution in [-0.2, 0) is 84.5 Å². The van der Waals surface area contributed by atoms with Crippen molar-refractivity contribution in [3.63, 3.8) is 0 Å². The Balaban J connectivity index is -0.00000288. The van der Waals surface area contributed by atoms with Crippen LogP contribution in [0.4, 0.5) is 0 Å². The van der Waals surface area contributed by atoms with E-state index in [0.717, 1.165) is 167 Å². The Hall–Kier alpha value is -1.70. The summed E-state index contributed by atoms with van der Waals surface area (Å²) in [5.41, 5.74) is 0. The maximum Gasteiger partial charge on any atom is 1.00 e. The monoisotopic (exact) mass is 1720 g/mol. The molecule has 0 spiro atoms. The Kier molecular flexibility index (Phi) is 98.1. The summed E-state index contributed by atoms with van der Waals surface area (Å²) in [6.45, 7) is 10.2. The molecule has 0 aliphatic heterocycles. The maximum atomic E-state index is 13.3. The number of nitrogens with one attached hydrogen (secondary N) is 4. The van der Waals surface area contributed by atoms with Crippen molar-refractivity contribution in [2.45, 2.75) is 454 Å². The van der Waals surface area contributed by atoms with Gasteiger partial charge in [-0.3, -0.25) is 56.5 Å². The molecule has 0 heterocycles. The molecule has 4 unspecified atom stereocenters. The predicted octanol–water partition coefficient (Wildman–Crippen LogP) is 15.9. The van der Waals surface area contributed by atoms with Crippen LogP contribution in [0, 0.1) is 0 Å². The van der Waals surface area contributed by atoms with Crippen LogP contribution < -0.4 is 80.4 Å². The van der Waals surface area contributed by atoms with Crippen molar-refractivity contribution >= 4 is 62.8 Å². The van der Waals surface area contributed by atoms with Gasteiger partial charge in [0, 0.05) is 51.6 Å². The first kappa shape index (κ1) is 125. The number of phosphoric acid groups is 2. The van der Waals surface area contributed by atoms with E-state index < -0.39 is 97.0 Å². The van der Waals surface area contributed by atoms with E-state index in [9.17, 15) is 57.3 Å². The Morgan fingerprint density at radius 2 is 0.552 bits per heavy atom. The molecule has 0 aromatic rings. The van der Waals surface area contributed by atoms with E-state index in [2.05, 4.69) is 62.8 Å². The van der Waals surface area contributed by atoms with Crippen LogP contribution in [0.1, 0.15) is 433 Å². The third-order valence-electron chi connectivity index (χ3n) is 19.8. The molecular formula is C88H176N4Na2O20P2. The van der Waals surface area contributed by atoms with Gasteiger partial charge < -0.3 is 52.9 Å². The predicted molar refractivity (Wildman–Crippen MR) is 464 cm³/mol. The summed E-state index contributed by atoms with van der Waals surface area (Å²) in [6.07, 6.45) is 51.3. The molecule has 0 rings (SSSR count). The smallest absolute Gasteiger partial charge is 1.00 e. The summed E-state index contributed by atoms with van der Waals surface area (Å²) >= 11 is 0. The molecule has 24 nitrogen and oxygen atoms in total. The average Bonchev–Trinajstić information content (AvgIpc) is 0.908. The maximum absolute atomic E-state index is 13.3. The van der Waals surface area contributed by atoms with Crippen molar-refractivity contribution in [3.8, 4) is 0 Å². The molecule has 0 aliphatic rings. The van der Waals surface area contributed by atoms with Gasteiger partial charge in [-0.05, 0) is 51.4 Å². The first-order chi connectivity index (χ1) is 53.7. The number of esters is 2. The molecule has 6 N–H and O–H groups in total. The summed E-state index contributed by atoms with van der Waals surface area (Å²) in [7, 11) is -9.65. The first-order valence-electron chi connectivity index (χ1n) is 44.6. The van der Waals surface area contributed by atoms with Gasteiger partial charge >= 0.3 is 86.7 Å². The minimum absolute atomic E-state index is 0. The van der Waals surface area contributed by atoms with E-state index in [4.69, 9.17) is 37.0 Å². The normalized spacial score (nSPS) is 13.1. The molecule has 0 aromatic heterocycles. The van der Waals surface area contributed by atoms with Crippen molar-refractivity contribution in [2.75, 3.05) is 65.9 Å². The summed E-state index contributed by atoms with van der Waals surface area (Å²) in [5.74, 6) is -3.72. The van der Waals surface area contributed by atoms with Gasteiger partial charge in [0.15, 0.2) is 0 Å². The van der Waals surface area contributed by atoms with Gasteiger partial charge in [-0.2, -0.15) is 0 Å². The number of unbranched alkanes of at least 4 members (excludes halogenated alkanes) is 40. The zero-order chi connectivity index (χ0) is 81.8. The van der Waals surface area contributed by atoms with E-state index >= 15 is 0 Å². The number of hydrogen-bond acceptors (Lipinski definition) is 18. The number of carbonyl (C=O) groups excluding carboxylic acids is 8. The Morgan fingerprint density at radius 3 is 0.828 bits per heavy atom. The van der Waals surface area contributed by atoms with Crippen LogP contribution >= 0.6 is 15.6 Å². The zero-order valence-electron chi connectivity index (χ0n) is 74.8. The van der Waals surface area contributed by atoms with Crippen LogP contribution in [0.15, 0.2) is 0 Å². The molecule has 28 heteroatoms. The Morgan fingerprint density at radius 1 is 0.302 bits per heavy atom. The van der Waals surface area contributed by atoms with Crippen molar-refractivity contribution in [1.29, 1.82) is 0 Å². The number of phosphoric ester groups is 2. The van der Waals surface area contributed by atoms with Crippen molar-refractivity contribution in [2.24, 2.45) is 0 Å². The molecule has 6 atom stereocenters. The van der Waals surface area contributed by atoms with Crippen LogP contribution in [0.2, 0.25) is 0 Å². The van der Waals surface area contributed by atoms with Crippen molar-refractivity contribution in [3.05, 3.63) is 0 Å². The number of hydrogen-bond donors (Lipinski definition) is 6. The Labute approximate surface area is 754 Å². The van der Waals surface area contributed by atoms with Gasteiger partial charge in [0.2, 0.25) is 23.6 Å². The molecule has 0 saturated carbocycles. The topological polar surface area (TPSA) is 333 Å². The third-order valence-corrected chi connectivity index (χ3v) is 21.7. The van der Waals surface area contributed by atoms with E-state index in [-0.39, 0.29) is 172 Å². The van der Waals surface area contributed by atoms with Crippen LogP contribution in [0.25, 0.3) is 0 Å². The fourth-order valence-electron chi connectivity index (χ4n) is 13.0. The van der Waals surface area contributed by atoms with E-state index in [1.807, 2.05) is 0 Å². The Bertz CT molecular complexity index is 2270. The molecule has 0 aromatic carbocycles. The second-order valence-corrected chi connectivity index (χ2v) is 33.6. The number of amides is 4. The summed E-state index contributed by atoms with van der Waals surface area (Å²) in [5, 5.41) is 10.3. The summed E-state index contributed by atoms with van der Waals surface area (Å²) < 4.78 is 71.1. The SMILES string of the molecule is C.C.C.CCCCCCCCCCCC(=O)CC(=O)NC(COCC[C@@H](CCCCCCC)OC(=O)CCCCCCCCCCC)COP(=O)(O)OCCNC(=O)CC(=O)NCCOP(=O)(O)OCC(COCC[C@@H](CCCCCCC)OC(=O)CCCCCCCCCCC)NC(=O)CC(=O)CCCCCCCCCCC.[H-].[H-].[Na+].[Na+]. The second kappa shape index (κ2) is 91.0. The number of ether oxygens (including phenoxy) is 4. The number of carbonyl (C=O) groups is 8. The van der Waals surface area contributed by atoms with Gasteiger partial charge in [-0.15, -0.1) is 0 Å². The molecule has 4 amide bonds. The molecule has 116 heavy (non-hydrogen) atoms.